The quantitative estimate of drug-likeness (QED) is 0.142. The van der Waals surface area contributed by atoms with E-state index in [-0.39, 0.29) is 0 Å². The standard InChI is InChI=1S/2C41H25NS.C35H21NS/c1-2-11-26(12-3-1)40-41-37(35-19-8-9-20-39(35)43-41)25-38(42-40)29-14-10-13-27(23-29)28-21-22-34-32-17-5-4-15-30(32)31-16-6-7-18-33(31)36(34)24-28;1-2-11-26(12-3-1)38-25-37-35-19-8-9-20-39(35)43-41(37)40(42-38)29-14-10-13-27(23-29)28-21-22-34-32-17-5-4-15-30(32)31-16-6-7-18-33(31)36(34)24-28;1-2-10-22(11-3-1)32-21-31-29-16-8-9-17-33(29)37-35(31)34(36-32)23-18-19-28-26-14-5-4-12-24(26)25-13-6-7-15-27(25)30(28)20-23/h2*1-25H;1-21H. The SMILES string of the molecule is c1ccc(-c2cc3c(sc4ccccc43)c(-c3ccc4c5ccccc5c5ccccc5c4c3)n2)cc1.c1ccc(-c2cc3c(sc4ccccc43)c(-c3cccc(-c4ccc5c6ccccc6c6ccccc6c5c4)c3)n2)cc1.c1ccc(-c2nc(-c3cccc(-c4ccc5c6ccccc6c6ccccc6c5c4)c3)cc3c2sc2ccccc23)cc1. The van der Waals surface area contributed by atoms with Crippen molar-refractivity contribution in [3.8, 4) is 89.8 Å². The van der Waals surface area contributed by atoms with E-state index in [0.717, 1.165) is 67.5 Å². The summed E-state index contributed by atoms with van der Waals surface area (Å²) >= 11 is 5.49. The van der Waals surface area contributed by atoms with E-state index in [9.17, 15) is 0 Å². The fourth-order valence-electron chi connectivity index (χ4n) is 19.0. The second-order valence-electron chi connectivity index (χ2n) is 31.8. The highest BCUT2D eigenvalue weighted by atomic mass is 32.1. The first-order chi connectivity index (χ1) is 61.0. The van der Waals surface area contributed by atoms with Crippen molar-refractivity contribution in [1.82, 2.24) is 15.0 Å². The molecule has 0 N–H and O–H groups in total. The summed E-state index contributed by atoms with van der Waals surface area (Å²) in [6.45, 7) is 0. The van der Waals surface area contributed by atoms with Crippen LogP contribution in [0.5, 0.6) is 0 Å². The minimum absolute atomic E-state index is 0.994. The van der Waals surface area contributed by atoms with Crippen LogP contribution in [0.4, 0.5) is 0 Å². The molecule has 0 bridgehead atoms. The van der Waals surface area contributed by atoms with Crippen LogP contribution in [-0.2, 0) is 0 Å². The molecule has 0 amide bonds. The largest absolute Gasteiger partial charge is 0.246 e. The van der Waals surface area contributed by atoms with Crippen LogP contribution >= 0.6 is 34.0 Å². The molecule has 0 spiro atoms. The van der Waals surface area contributed by atoms with Crippen LogP contribution in [0, 0.1) is 0 Å². The zero-order valence-corrected chi connectivity index (χ0v) is 69.0. The van der Waals surface area contributed by atoms with Crippen molar-refractivity contribution in [1.29, 1.82) is 0 Å². The number of benzene rings is 20. The third kappa shape index (κ3) is 12.5. The predicted octanol–water partition coefficient (Wildman–Crippen LogP) is 34.1. The summed E-state index contributed by atoms with van der Waals surface area (Å²) in [7, 11) is 0. The van der Waals surface area contributed by atoms with Gasteiger partial charge in [-0.3, -0.25) is 0 Å². The lowest BCUT2D eigenvalue weighted by molar-refractivity contribution is 1.36. The van der Waals surface area contributed by atoms with Gasteiger partial charge >= 0.3 is 0 Å². The molecule has 0 radical (unpaired) electrons. The zero-order valence-electron chi connectivity index (χ0n) is 66.6. The molecule has 20 aromatic carbocycles. The Kier molecular flexibility index (Phi) is 17.5. The first-order valence-electron chi connectivity index (χ1n) is 41.8. The lowest BCUT2D eigenvalue weighted by Gasteiger charge is -2.13. The van der Waals surface area contributed by atoms with Gasteiger partial charge in [0.05, 0.1) is 48.3 Å². The third-order valence-electron chi connectivity index (χ3n) is 24.7. The highest BCUT2D eigenvalue weighted by Gasteiger charge is 2.22. The summed E-state index contributed by atoms with van der Waals surface area (Å²) in [6.07, 6.45) is 0. The molecule has 0 unspecified atom stereocenters. The maximum Gasteiger partial charge on any atom is 0.0888 e. The maximum absolute atomic E-state index is 5.31. The molecule has 123 heavy (non-hydrogen) atoms. The third-order valence-corrected chi connectivity index (χ3v) is 28.3. The molecule has 0 saturated heterocycles. The van der Waals surface area contributed by atoms with Crippen molar-refractivity contribution in [2.75, 3.05) is 0 Å². The van der Waals surface area contributed by atoms with Gasteiger partial charge in [-0.1, -0.05) is 364 Å². The number of pyridine rings is 3. The van der Waals surface area contributed by atoms with E-state index in [1.165, 1.54) is 180 Å². The highest BCUT2D eigenvalue weighted by molar-refractivity contribution is 7.27. The lowest BCUT2D eigenvalue weighted by atomic mass is 9.91. The number of thiophene rings is 3. The van der Waals surface area contributed by atoms with Gasteiger partial charge in [0, 0.05) is 79.8 Å². The second-order valence-corrected chi connectivity index (χ2v) is 35.0. The first-order valence-corrected chi connectivity index (χ1v) is 44.3. The fraction of sp³-hybridized carbons (Fsp3) is 0. The van der Waals surface area contributed by atoms with Gasteiger partial charge in [-0.15, -0.1) is 34.0 Å². The predicted molar refractivity (Wildman–Crippen MR) is 532 cm³/mol. The van der Waals surface area contributed by atoms with E-state index in [2.05, 4.69) is 431 Å². The summed E-state index contributed by atoms with van der Waals surface area (Å²) in [5.74, 6) is 0. The smallest absolute Gasteiger partial charge is 0.0888 e. The van der Waals surface area contributed by atoms with Crippen LogP contribution in [0.25, 0.3) is 247 Å². The van der Waals surface area contributed by atoms with Crippen LogP contribution in [0.1, 0.15) is 0 Å². The number of rotatable bonds is 8. The monoisotopic (exact) mass is 1610 g/mol. The van der Waals surface area contributed by atoms with Crippen LogP contribution < -0.4 is 0 Å². The van der Waals surface area contributed by atoms with Crippen LogP contribution in [0.3, 0.4) is 0 Å². The molecule has 0 fully saturated rings. The molecule has 0 aliphatic rings. The van der Waals surface area contributed by atoms with Crippen molar-refractivity contribution in [2.45, 2.75) is 0 Å². The van der Waals surface area contributed by atoms with Gasteiger partial charge in [0.15, 0.2) is 0 Å². The van der Waals surface area contributed by atoms with E-state index in [1.807, 2.05) is 34.0 Å². The van der Waals surface area contributed by atoms with Gasteiger partial charge in [0.25, 0.3) is 0 Å². The van der Waals surface area contributed by atoms with Crippen molar-refractivity contribution < 1.29 is 0 Å². The Bertz CT molecular complexity index is 8650. The Morgan fingerprint density at radius 1 is 0.122 bits per heavy atom. The minimum Gasteiger partial charge on any atom is -0.246 e. The first kappa shape index (κ1) is 71.9. The van der Waals surface area contributed by atoms with Gasteiger partial charge in [0.1, 0.15) is 0 Å². The van der Waals surface area contributed by atoms with Crippen LogP contribution in [-0.4, -0.2) is 15.0 Å². The van der Waals surface area contributed by atoms with E-state index >= 15 is 0 Å². The molecule has 0 saturated carbocycles. The summed E-state index contributed by atoms with van der Waals surface area (Å²) in [5.41, 5.74) is 17.8. The molecule has 0 aliphatic heterocycles. The van der Waals surface area contributed by atoms with Gasteiger partial charge in [0.2, 0.25) is 0 Å². The van der Waals surface area contributed by atoms with Gasteiger partial charge in [-0.25, -0.2) is 15.0 Å². The molecular weight excluding hydrogens is 1540 g/mol. The molecule has 6 heterocycles. The van der Waals surface area contributed by atoms with Gasteiger partial charge in [-0.05, 0) is 186 Å². The number of nitrogens with zero attached hydrogens (tertiary/aromatic N) is 3. The Morgan fingerprint density at radius 3 is 0.675 bits per heavy atom. The van der Waals surface area contributed by atoms with Gasteiger partial charge < -0.3 is 0 Å². The zero-order chi connectivity index (χ0) is 81.0. The molecule has 3 nitrogen and oxygen atoms in total. The fourth-order valence-corrected chi connectivity index (χ4v) is 22.5. The molecule has 572 valence electrons. The maximum atomic E-state index is 5.31. The van der Waals surface area contributed by atoms with Crippen molar-refractivity contribution >= 4 is 191 Å². The Hall–Kier alpha value is -15.2. The van der Waals surface area contributed by atoms with Crippen molar-refractivity contribution in [3.63, 3.8) is 0 Å². The molecule has 0 atom stereocenters. The van der Waals surface area contributed by atoms with E-state index in [0.29, 0.717) is 0 Å². The number of fused-ring (bicyclic) bond motifs is 27. The topological polar surface area (TPSA) is 38.7 Å². The number of hydrogen-bond donors (Lipinski definition) is 0. The normalized spacial score (nSPS) is 11.7. The molecule has 6 aromatic heterocycles. The minimum atomic E-state index is 0.994. The van der Waals surface area contributed by atoms with E-state index in [4.69, 9.17) is 15.0 Å². The summed E-state index contributed by atoms with van der Waals surface area (Å²) in [6, 6.07) is 156. The Balaban J connectivity index is 0.000000104. The van der Waals surface area contributed by atoms with Crippen molar-refractivity contribution in [2.24, 2.45) is 0 Å². The second kappa shape index (κ2) is 30.0. The van der Waals surface area contributed by atoms with E-state index < -0.39 is 0 Å². The van der Waals surface area contributed by atoms with Crippen LogP contribution in [0.2, 0.25) is 0 Å². The molecule has 6 heteroatoms. The lowest BCUT2D eigenvalue weighted by Crippen LogP contribution is -1.90. The highest BCUT2D eigenvalue weighted by Crippen LogP contribution is 2.48. The average Bonchev–Trinajstić information content (AvgIpc) is 1.73. The van der Waals surface area contributed by atoms with E-state index in [1.54, 1.807) is 0 Å². The van der Waals surface area contributed by atoms with Crippen molar-refractivity contribution in [3.05, 3.63) is 431 Å². The Labute approximate surface area is 721 Å². The number of hydrogen-bond acceptors (Lipinski definition) is 6. The summed E-state index contributed by atoms with van der Waals surface area (Å²) in [4.78, 5) is 15.9. The summed E-state index contributed by atoms with van der Waals surface area (Å²) in [5, 5.41) is 30.9. The molecule has 0 aliphatic carbocycles. The summed E-state index contributed by atoms with van der Waals surface area (Å²) < 4.78 is 7.58. The van der Waals surface area contributed by atoms with Gasteiger partial charge in [-0.2, -0.15) is 0 Å². The molecule has 26 rings (SSSR count). The Morgan fingerprint density at radius 2 is 0.333 bits per heavy atom. The number of aromatic nitrogens is 3. The molecule has 26 aromatic rings. The van der Waals surface area contributed by atoms with Crippen LogP contribution in [0.15, 0.2) is 431 Å². The average molecular weight is 1620 g/mol. The molecular formula is C117H71N3S3.